The second kappa shape index (κ2) is 8.35. The van der Waals surface area contributed by atoms with Crippen LogP contribution in [-0.4, -0.2) is 21.7 Å². The van der Waals surface area contributed by atoms with Crippen molar-refractivity contribution in [2.45, 2.75) is 20.0 Å². The maximum Gasteiger partial charge on any atom is 0.230 e. The molecule has 0 saturated carbocycles. The first kappa shape index (κ1) is 17.8. The second-order valence-corrected chi connectivity index (χ2v) is 6.51. The highest BCUT2D eigenvalue weighted by atomic mass is 32.1. The number of carbonyl (C=O) groups excluding carboxylic acids is 2. The highest BCUT2D eigenvalue weighted by Gasteiger charge is 2.10. The zero-order chi connectivity index (χ0) is 18.4. The fourth-order valence-electron chi connectivity index (χ4n) is 2.26. The van der Waals surface area contributed by atoms with Gasteiger partial charge in [-0.05, 0) is 31.2 Å². The van der Waals surface area contributed by atoms with Crippen LogP contribution in [0.2, 0.25) is 0 Å². The number of ketones is 1. The van der Waals surface area contributed by atoms with Crippen LogP contribution in [0.1, 0.15) is 28.0 Å². The smallest absolute Gasteiger partial charge is 0.230 e. The predicted molar refractivity (Wildman–Crippen MR) is 99.5 cm³/mol. The molecular weight excluding hydrogens is 350 g/mol. The van der Waals surface area contributed by atoms with Crippen molar-refractivity contribution >= 4 is 28.7 Å². The molecule has 0 atom stereocenters. The van der Waals surface area contributed by atoms with E-state index in [-0.39, 0.29) is 18.1 Å². The lowest BCUT2D eigenvalue weighted by atomic mass is 10.1. The van der Waals surface area contributed by atoms with Gasteiger partial charge in [0.1, 0.15) is 17.4 Å². The van der Waals surface area contributed by atoms with E-state index in [0.29, 0.717) is 29.3 Å². The van der Waals surface area contributed by atoms with Crippen LogP contribution in [0, 0.1) is 0 Å². The standard InChI is InChI=1S/C19H17N3O3S/c1-13(23)14-4-2-5-15(8-14)21-18(24)9-16-12-26-19(22-16)11-25-17-6-3-7-20-10-17/h2-8,10,12H,9,11H2,1H3,(H,21,24). The molecule has 1 aromatic carbocycles. The summed E-state index contributed by atoms with van der Waals surface area (Å²) in [5.74, 6) is 0.446. The molecule has 6 nitrogen and oxygen atoms in total. The van der Waals surface area contributed by atoms with Gasteiger partial charge in [0.2, 0.25) is 5.91 Å². The van der Waals surface area contributed by atoms with E-state index in [4.69, 9.17) is 4.74 Å². The number of rotatable bonds is 7. The fraction of sp³-hybridized carbons (Fsp3) is 0.158. The van der Waals surface area contributed by atoms with Gasteiger partial charge in [-0.1, -0.05) is 12.1 Å². The number of anilines is 1. The summed E-state index contributed by atoms with van der Waals surface area (Å²) in [6, 6.07) is 10.5. The van der Waals surface area contributed by atoms with Crippen molar-refractivity contribution in [2.75, 3.05) is 5.32 Å². The number of aromatic nitrogens is 2. The molecule has 0 spiro atoms. The van der Waals surface area contributed by atoms with Crippen LogP contribution in [0.25, 0.3) is 0 Å². The number of amides is 1. The SMILES string of the molecule is CC(=O)c1cccc(NC(=O)Cc2csc(COc3cccnc3)n2)c1. The van der Waals surface area contributed by atoms with Crippen LogP contribution < -0.4 is 10.1 Å². The summed E-state index contributed by atoms with van der Waals surface area (Å²) in [5, 5.41) is 5.41. The van der Waals surface area contributed by atoms with Crippen LogP contribution in [0.5, 0.6) is 5.75 Å². The highest BCUT2D eigenvalue weighted by molar-refractivity contribution is 7.09. The summed E-state index contributed by atoms with van der Waals surface area (Å²) in [6.45, 7) is 1.82. The number of benzene rings is 1. The number of ether oxygens (including phenoxy) is 1. The van der Waals surface area contributed by atoms with Gasteiger partial charge in [-0.3, -0.25) is 14.6 Å². The van der Waals surface area contributed by atoms with E-state index < -0.39 is 0 Å². The Hall–Kier alpha value is -3.06. The normalized spacial score (nSPS) is 10.3. The Morgan fingerprint density at radius 3 is 2.88 bits per heavy atom. The molecule has 2 heterocycles. The molecule has 0 aliphatic carbocycles. The largest absolute Gasteiger partial charge is 0.485 e. The van der Waals surface area contributed by atoms with E-state index in [0.717, 1.165) is 5.01 Å². The third kappa shape index (κ3) is 4.97. The Labute approximate surface area is 154 Å². The summed E-state index contributed by atoms with van der Waals surface area (Å²) in [6.07, 6.45) is 3.48. The molecule has 3 aromatic rings. The van der Waals surface area contributed by atoms with Crippen LogP contribution in [0.4, 0.5) is 5.69 Å². The summed E-state index contributed by atoms with van der Waals surface area (Å²) >= 11 is 1.44. The maximum absolute atomic E-state index is 12.2. The van der Waals surface area contributed by atoms with Crippen molar-refractivity contribution in [3.63, 3.8) is 0 Å². The van der Waals surface area contributed by atoms with E-state index in [1.165, 1.54) is 18.3 Å². The molecule has 7 heteroatoms. The average Bonchev–Trinajstić information content (AvgIpc) is 3.08. The molecule has 0 aliphatic heterocycles. The first-order valence-corrected chi connectivity index (χ1v) is 8.85. The minimum Gasteiger partial charge on any atom is -0.485 e. The molecule has 0 bridgehead atoms. The van der Waals surface area contributed by atoms with E-state index in [9.17, 15) is 9.59 Å². The zero-order valence-electron chi connectivity index (χ0n) is 14.1. The molecular formula is C19H17N3O3S. The van der Waals surface area contributed by atoms with Gasteiger partial charge >= 0.3 is 0 Å². The van der Waals surface area contributed by atoms with Crippen molar-refractivity contribution in [3.05, 3.63) is 70.4 Å². The number of carbonyl (C=O) groups is 2. The van der Waals surface area contributed by atoms with Crippen molar-refractivity contribution in [1.29, 1.82) is 0 Å². The number of thiazole rings is 1. The molecule has 132 valence electrons. The Bertz CT molecular complexity index is 909. The number of nitrogens with one attached hydrogen (secondary N) is 1. The molecule has 0 unspecified atom stereocenters. The molecule has 3 rings (SSSR count). The fourth-order valence-corrected chi connectivity index (χ4v) is 2.96. The van der Waals surface area contributed by atoms with E-state index in [2.05, 4.69) is 15.3 Å². The van der Waals surface area contributed by atoms with Gasteiger partial charge in [0.05, 0.1) is 18.3 Å². The Kier molecular flexibility index (Phi) is 5.70. The summed E-state index contributed by atoms with van der Waals surface area (Å²) in [4.78, 5) is 32.0. The van der Waals surface area contributed by atoms with E-state index >= 15 is 0 Å². The molecule has 1 amide bonds. The first-order chi connectivity index (χ1) is 12.6. The lowest BCUT2D eigenvalue weighted by molar-refractivity contribution is -0.115. The molecule has 0 aliphatic rings. The number of Topliss-reactive ketones (excluding diaryl/α,β-unsaturated/α-hetero) is 1. The van der Waals surface area contributed by atoms with Crippen molar-refractivity contribution in [2.24, 2.45) is 0 Å². The molecule has 0 fully saturated rings. The van der Waals surface area contributed by atoms with Crippen molar-refractivity contribution in [1.82, 2.24) is 9.97 Å². The van der Waals surface area contributed by atoms with Crippen LogP contribution in [0.3, 0.4) is 0 Å². The van der Waals surface area contributed by atoms with Crippen LogP contribution in [0.15, 0.2) is 54.2 Å². The van der Waals surface area contributed by atoms with Gasteiger partial charge in [-0.25, -0.2) is 4.98 Å². The maximum atomic E-state index is 12.2. The molecule has 2 aromatic heterocycles. The minimum atomic E-state index is -0.185. The van der Waals surface area contributed by atoms with Gasteiger partial charge in [-0.15, -0.1) is 11.3 Å². The van der Waals surface area contributed by atoms with Gasteiger partial charge in [0, 0.05) is 22.8 Å². The summed E-state index contributed by atoms with van der Waals surface area (Å²) in [5.41, 5.74) is 1.84. The molecule has 0 radical (unpaired) electrons. The number of hydrogen-bond acceptors (Lipinski definition) is 6. The lowest BCUT2D eigenvalue weighted by Gasteiger charge is -2.05. The van der Waals surface area contributed by atoms with Crippen LogP contribution >= 0.6 is 11.3 Å². The summed E-state index contributed by atoms with van der Waals surface area (Å²) in [7, 11) is 0. The minimum absolute atomic E-state index is 0.0427. The predicted octanol–water partition coefficient (Wildman–Crippen LogP) is 3.50. The molecule has 0 saturated heterocycles. The third-order valence-electron chi connectivity index (χ3n) is 3.49. The Balaban J connectivity index is 1.54. The topological polar surface area (TPSA) is 81.2 Å². The van der Waals surface area contributed by atoms with E-state index in [1.807, 2.05) is 11.4 Å². The zero-order valence-corrected chi connectivity index (χ0v) is 15.0. The van der Waals surface area contributed by atoms with Gasteiger partial charge in [0.25, 0.3) is 0 Å². The van der Waals surface area contributed by atoms with Crippen molar-refractivity contribution in [3.8, 4) is 5.75 Å². The Morgan fingerprint density at radius 1 is 1.23 bits per heavy atom. The number of hydrogen-bond donors (Lipinski definition) is 1. The average molecular weight is 367 g/mol. The highest BCUT2D eigenvalue weighted by Crippen LogP contribution is 2.16. The van der Waals surface area contributed by atoms with Gasteiger partial charge in [-0.2, -0.15) is 0 Å². The van der Waals surface area contributed by atoms with Crippen LogP contribution in [-0.2, 0) is 17.8 Å². The molecule has 26 heavy (non-hydrogen) atoms. The second-order valence-electron chi connectivity index (χ2n) is 5.57. The summed E-state index contributed by atoms with van der Waals surface area (Å²) < 4.78 is 5.59. The van der Waals surface area contributed by atoms with Crippen molar-refractivity contribution < 1.29 is 14.3 Å². The first-order valence-electron chi connectivity index (χ1n) is 7.97. The van der Waals surface area contributed by atoms with E-state index in [1.54, 1.807) is 42.7 Å². The number of nitrogens with zero attached hydrogens (tertiary/aromatic N) is 2. The monoisotopic (exact) mass is 367 g/mol. The van der Waals surface area contributed by atoms with Gasteiger partial charge < -0.3 is 10.1 Å². The number of pyridine rings is 1. The Morgan fingerprint density at radius 2 is 2.12 bits per heavy atom. The quantitative estimate of drug-likeness (QED) is 0.647. The van der Waals surface area contributed by atoms with Gasteiger partial charge in [0.15, 0.2) is 5.78 Å². The lowest BCUT2D eigenvalue weighted by Crippen LogP contribution is -2.15. The third-order valence-corrected chi connectivity index (χ3v) is 4.36. The molecule has 1 N–H and O–H groups in total.